The zero-order valence-electron chi connectivity index (χ0n) is 22.9. The van der Waals surface area contributed by atoms with Gasteiger partial charge in [0, 0.05) is 11.6 Å². The minimum absolute atomic E-state index is 0.118. The van der Waals surface area contributed by atoms with Crippen molar-refractivity contribution in [3.63, 3.8) is 0 Å². The monoisotopic (exact) mass is 543 g/mol. The van der Waals surface area contributed by atoms with E-state index in [0.29, 0.717) is 34.6 Å². The SMILES string of the molecule is CCC(c1nc(/C=c2\[nH]c(=O)/c(=C/c3cccc(Oc4ccc(F)cc4)c3)[nH]c2=O)c(C(C)C)[nH]1)C1CCNC1. The van der Waals surface area contributed by atoms with E-state index >= 15 is 0 Å². The van der Waals surface area contributed by atoms with Crippen LogP contribution in [-0.4, -0.2) is 33.0 Å². The Morgan fingerprint density at radius 3 is 2.38 bits per heavy atom. The average molecular weight is 544 g/mol. The molecule has 3 heterocycles. The van der Waals surface area contributed by atoms with Gasteiger partial charge in [-0.25, -0.2) is 9.37 Å². The lowest BCUT2D eigenvalue weighted by Crippen LogP contribution is -2.46. The molecule has 2 unspecified atom stereocenters. The molecular weight excluding hydrogens is 509 g/mol. The molecule has 40 heavy (non-hydrogen) atoms. The van der Waals surface area contributed by atoms with Crippen LogP contribution in [0.15, 0.2) is 58.1 Å². The van der Waals surface area contributed by atoms with E-state index in [1.165, 1.54) is 24.3 Å². The Labute approximate surface area is 231 Å². The second-order valence-electron chi connectivity index (χ2n) is 10.5. The number of halogens is 1. The second kappa shape index (κ2) is 11.9. The first-order valence-electron chi connectivity index (χ1n) is 13.7. The average Bonchev–Trinajstić information content (AvgIpc) is 3.60. The Morgan fingerprint density at radius 2 is 1.73 bits per heavy atom. The van der Waals surface area contributed by atoms with E-state index in [0.717, 1.165) is 37.4 Å². The molecule has 8 nitrogen and oxygen atoms in total. The third kappa shape index (κ3) is 6.15. The van der Waals surface area contributed by atoms with Crippen molar-refractivity contribution in [3.8, 4) is 11.5 Å². The van der Waals surface area contributed by atoms with Gasteiger partial charge < -0.3 is 25.0 Å². The molecule has 2 aromatic heterocycles. The molecule has 1 aliphatic rings. The van der Waals surface area contributed by atoms with Crippen molar-refractivity contribution in [1.29, 1.82) is 0 Å². The van der Waals surface area contributed by atoms with Crippen LogP contribution in [0.3, 0.4) is 0 Å². The van der Waals surface area contributed by atoms with E-state index in [2.05, 4.69) is 41.0 Å². The molecule has 5 rings (SSSR count). The van der Waals surface area contributed by atoms with E-state index < -0.39 is 11.1 Å². The van der Waals surface area contributed by atoms with Crippen LogP contribution in [0.5, 0.6) is 11.5 Å². The molecule has 1 aliphatic heterocycles. The van der Waals surface area contributed by atoms with E-state index in [1.54, 1.807) is 36.4 Å². The first-order valence-corrected chi connectivity index (χ1v) is 13.7. The van der Waals surface area contributed by atoms with Crippen LogP contribution in [0, 0.1) is 11.7 Å². The number of aromatic amines is 3. The standard InChI is InChI=1S/C31H34FN5O3/c1-4-24(20-12-13-33-17-20)29-34-25(28(37-29)18(2)3)16-27-31(39)35-26(30(38)36-27)15-19-6-5-7-23(14-19)40-22-10-8-21(32)9-11-22/h5-11,14-16,18,20,24,33H,4,12-13,17H2,1-3H3,(H,34,37)(H,35,39)(H,36,38)/b26-15-,27-16-. The summed E-state index contributed by atoms with van der Waals surface area (Å²) in [5.41, 5.74) is 1.41. The summed E-state index contributed by atoms with van der Waals surface area (Å²) in [6.07, 6.45) is 5.31. The van der Waals surface area contributed by atoms with Crippen molar-refractivity contribution in [2.45, 2.75) is 45.4 Å². The highest BCUT2D eigenvalue weighted by atomic mass is 19.1. The largest absolute Gasteiger partial charge is 0.457 e. The van der Waals surface area contributed by atoms with E-state index in [1.807, 2.05) is 0 Å². The van der Waals surface area contributed by atoms with Crippen molar-refractivity contribution in [2.24, 2.45) is 5.92 Å². The predicted octanol–water partition coefficient (Wildman–Crippen LogP) is 3.60. The molecular formula is C31H34FN5O3. The van der Waals surface area contributed by atoms with Gasteiger partial charge in [-0.1, -0.05) is 32.9 Å². The number of imidazole rings is 1. The number of benzene rings is 2. The number of aromatic nitrogens is 4. The summed E-state index contributed by atoms with van der Waals surface area (Å²) in [5, 5.41) is 3.70. The van der Waals surface area contributed by atoms with Crippen molar-refractivity contribution < 1.29 is 9.13 Å². The molecule has 2 atom stereocenters. The highest BCUT2D eigenvalue weighted by Crippen LogP contribution is 2.32. The Bertz CT molecular complexity index is 1710. The van der Waals surface area contributed by atoms with E-state index in [-0.39, 0.29) is 22.4 Å². The first kappa shape index (κ1) is 27.3. The molecule has 0 aliphatic carbocycles. The van der Waals surface area contributed by atoms with Crippen LogP contribution in [0.25, 0.3) is 12.2 Å². The summed E-state index contributed by atoms with van der Waals surface area (Å²) in [6.45, 7) is 8.31. The fourth-order valence-electron chi connectivity index (χ4n) is 5.22. The summed E-state index contributed by atoms with van der Waals surface area (Å²) in [5.74, 6) is 2.55. The van der Waals surface area contributed by atoms with Crippen LogP contribution in [0.4, 0.5) is 4.39 Å². The van der Waals surface area contributed by atoms with Crippen molar-refractivity contribution >= 4 is 12.2 Å². The number of hydrogen-bond acceptors (Lipinski definition) is 5. The Kier molecular flexibility index (Phi) is 8.11. The second-order valence-corrected chi connectivity index (χ2v) is 10.5. The fourth-order valence-corrected chi connectivity index (χ4v) is 5.22. The van der Waals surface area contributed by atoms with Gasteiger partial charge in [0.1, 0.15) is 33.8 Å². The van der Waals surface area contributed by atoms with Gasteiger partial charge >= 0.3 is 0 Å². The van der Waals surface area contributed by atoms with Gasteiger partial charge in [-0.3, -0.25) is 9.59 Å². The summed E-state index contributed by atoms with van der Waals surface area (Å²) < 4.78 is 19.0. The molecule has 1 fully saturated rings. The number of ether oxygens (including phenoxy) is 1. The van der Waals surface area contributed by atoms with Crippen molar-refractivity contribution in [1.82, 2.24) is 25.3 Å². The number of H-pyrrole nitrogens is 3. The van der Waals surface area contributed by atoms with E-state index in [9.17, 15) is 14.0 Å². The zero-order valence-corrected chi connectivity index (χ0v) is 22.9. The van der Waals surface area contributed by atoms with Crippen LogP contribution >= 0.6 is 0 Å². The van der Waals surface area contributed by atoms with Crippen LogP contribution < -0.4 is 31.9 Å². The predicted molar refractivity (Wildman–Crippen MR) is 154 cm³/mol. The van der Waals surface area contributed by atoms with Gasteiger partial charge in [-0.05, 0) is 91.9 Å². The maximum atomic E-state index is 13.2. The third-order valence-electron chi connectivity index (χ3n) is 7.30. The molecule has 0 bridgehead atoms. The summed E-state index contributed by atoms with van der Waals surface area (Å²) >= 11 is 0. The molecule has 9 heteroatoms. The molecule has 0 amide bonds. The van der Waals surface area contributed by atoms with Crippen LogP contribution in [-0.2, 0) is 0 Å². The number of nitrogens with one attached hydrogen (secondary N) is 4. The Balaban J connectivity index is 1.47. The van der Waals surface area contributed by atoms with Gasteiger partial charge in [0.2, 0.25) is 0 Å². The number of rotatable bonds is 8. The molecule has 0 saturated carbocycles. The molecule has 4 N–H and O–H groups in total. The van der Waals surface area contributed by atoms with Crippen molar-refractivity contribution in [3.05, 3.63) is 109 Å². The molecule has 4 aromatic rings. The number of hydrogen-bond donors (Lipinski definition) is 4. The van der Waals surface area contributed by atoms with Gasteiger partial charge in [0.25, 0.3) is 11.1 Å². The lowest BCUT2D eigenvalue weighted by Gasteiger charge is -2.19. The summed E-state index contributed by atoms with van der Waals surface area (Å²) in [4.78, 5) is 39.9. The number of nitrogens with zero attached hydrogens (tertiary/aromatic N) is 1. The minimum atomic E-state index is -0.430. The van der Waals surface area contributed by atoms with E-state index in [4.69, 9.17) is 9.72 Å². The van der Waals surface area contributed by atoms with Crippen LogP contribution in [0.2, 0.25) is 0 Å². The van der Waals surface area contributed by atoms with Crippen LogP contribution in [0.1, 0.15) is 68.2 Å². The third-order valence-corrected chi connectivity index (χ3v) is 7.30. The Hall–Kier alpha value is -4.24. The quantitative estimate of drug-likeness (QED) is 0.271. The molecule has 1 saturated heterocycles. The van der Waals surface area contributed by atoms with Crippen molar-refractivity contribution in [2.75, 3.05) is 13.1 Å². The smallest absolute Gasteiger partial charge is 0.272 e. The topological polar surface area (TPSA) is 116 Å². The summed E-state index contributed by atoms with van der Waals surface area (Å²) in [6, 6.07) is 12.7. The lowest BCUT2D eigenvalue weighted by atomic mass is 9.89. The molecule has 208 valence electrons. The minimum Gasteiger partial charge on any atom is -0.457 e. The van der Waals surface area contributed by atoms with Gasteiger partial charge in [-0.2, -0.15) is 0 Å². The summed E-state index contributed by atoms with van der Waals surface area (Å²) in [7, 11) is 0. The highest BCUT2D eigenvalue weighted by molar-refractivity contribution is 5.52. The molecule has 0 radical (unpaired) electrons. The maximum absolute atomic E-state index is 13.2. The Morgan fingerprint density at radius 1 is 1.00 bits per heavy atom. The lowest BCUT2D eigenvalue weighted by molar-refractivity contribution is 0.430. The maximum Gasteiger partial charge on any atom is 0.272 e. The zero-order chi connectivity index (χ0) is 28.2. The first-order chi connectivity index (χ1) is 19.3. The van der Waals surface area contributed by atoms with Gasteiger partial charge in [0.05, 0.1) is 5.69 Å². The van der Waals surface area contributed by atoms with Gasteiger partial charge in [0.15, 0.2) is 0 Å². The van der Waals surface area contributed by atoms with Gasteiger partial charge in [-0.15, -0.1) is 0 Å². The molecule has 0 spiro atoms. The normalized spacial score (nSPS) is 17.1. The highest BCUT2D eigenvalue weighted by Gasteiger charge is 2.28. The fraction of sp³-hybridized carbons (Fsp3) is 0.323. The molecule has 2 aromatic carbocycles.